The molecule has 1 aliphatic heterocycles. The van der Waals surface area contributed by atoms with Crippen LogP contribution in [-0.4, -0.2) is 9.55 Å². The van der Waals surface area contributed by atoms with Crippen molar-refractivity contribution < 1.29 is 0 Å². The highest BCUT2D eigenvalue weighted by Gasteiger charge is 2.23. The van der Waals surface area contributed by atoms with Crippen molar-refractivity contribution in [2.24, 2.45) is 5.73 Å². The first kappa shape index (κ1) is 12.4. The van der Waals surface area contributed by atoms with Crippen molar-refractivity contribution >= 4 is 0 Å². The summed E-state index contributed by atoms with van der Waals surface area (Å²) in [5.74, 6) is 1.61. The van der Waals surface area contributed by atoms with Crippen LogP contribution in [-0.2, 0) is 19.5 Å². The van der Waals surface area contributed by atoms with Gasteiger partial charge in [-0.3, -0.25) is 0 Å². The summed E-state index contributed by atoms with van der Waals surface area (Å²) >= 11 is 0. The van der Waals surface area contributed by atoms with E-state index >= 15 is 0 Å². The Hall–Kier alpha value is -1.61. The molecule has 0 saturated heterocycles. The third kappa shape index (κ3) is 2.08. The summed E-state index contributed by atoms with van der Waals surface area (Å²) in [6.45, 7) is 5.97. The minimum Gasteiger partial charge on any atom is -0.330 e. The maximum atomic E-state index is 5.77. The van der Waals surface area contributed by atoms with Crippen LogP contribution in [0.4, 0.5) is 0 Å². The van der Waals surface area contributed by atoms with Gasteiger partial charge in [0.1, 0.15) is 5.82 Å². The SMILES string of the molecule is Cc1cccc(C2CCc3cnc(CN)n3C2)c1C. The van der Waals surface area contributed by atoms with Crippen LogP contribution in [0.2, 0.25) is 0 Å². The van der Waals surface area contributed by atoms with E-state index in [1.165, 1.54) is 28.8 Å². The van der Waals surface area contributed by atoms with Gasteiger partial charge in [0.15, 0.2) is 0 Å². The smallest absolute Gasteiger partial charge is 0.122 e. The van der Waals surface area contributed by atoms with E-state index in [0.717, 1.165) is 18.8 Å². The van der Waals surface area contributed by atoms with Gasteiger partial charge >= 0.3 is 0 Å². The fraction of sp³-hybridized carbons (Fsp3) is 0.438. The maximum Gasteiger partial charge on any atom is 0.122 e. The molecule has 1 atom stereocenters. The largest absolute Gasteiger partial charge is 0.330 e. The summed E-state index contributed by atoms with van der Waals surface area (Å²) in [5, 5.41) is 0. The number of nitrogens with zero attached hydrogens (tertiary/aromatic N) is 2. The van der Waals surface area contributed by atoms with Gasteiger partial charge in [-0.2, -0.15) is 0 Å². The average Bonchev–Trinajstić information content (AvgIpc) is 2.84. The van der Waals surface area contributed by atoms with Crippen LogP contribution < -0.4 is 5.73 Å². The topological polar surface area (TPSA) is 43.8 Å². The summed E-state index contributed by atoms with van der Waals surface area (Å²) < 4.78 is 2.32. The van der Waals surface area contributed by atoms with Crippen molar-refractivity contribution in [1.29, 1.82) is 0 Å². The zero-order valence-corrected chi connectivity index (χ0v) is 11.7. The van der Waals surface area contributed by atoms with Crippen molar-refractivity contribution in [1.82, 2.24) is 9.55 Å². The molecule has 3 rings (SSSR count). The first-order valence-corrected chi connectivity index (χ1v) is 7.00. The average molecular weight is 255 g/mol. The number of hydrogen-bond acceptors (Lipinski definition) is 2. The lowest BCUT2D eigenvalue weighted by Gasteiger charge is -2.27. The van der Waals surface area contributed by atoms with Gasteiger partial charge in [-0.15, -0.1) is 0 Å². The zero-order valence-electron chi connectivity index (χ0n) is 11.7. The van der Waals surface area contributed by atoms with Crippen LogP contribution in [0, 0.1) is 13.8 Å². The minimum absolute atomic E-state index is 0.527. The number of benzene rings is 1. The molecule has 1 aromatic heterocycles. The summed E-state index contributed by atoms with van der Waals surface area (Å²) in [5.41, 5.74) is 11.4. The first-order chi connectivity index (χ1) is 9.20. The summed E-state index contributed by atoms with van der Waals surface area (Å²) in [4.78, 5) is 4.42. The van der Waals surface area contributed by atoms with E-state index in [1.807, 2.05) is 6.20 Å². The Balaban J connectivity index is 1.95. The lowest BCUT2D eigenvalue weighted by Crippen LogP contribution is -2.22. The lowest BCUT2D eigenvalue weighted by atomic mass is 9.86. The van der Waals surface area contributed by atoms with E-state index in [0.29, 0.717) is 12.5 Å². The van der Waals surface area contributed by atoms with Gasteiger partial charge in [0.25, 0.3) is 0 Å². The van der Waals surface area contributed by atoms with Crippen molar-refractivity contribution in [3.63, 3.8) is 0 Å². The Morgan fingerprint density at radius 2 is 2.21 bits per heavy atom. The number of hydrogen-bond donors (Lipinski definition) is 1. The molecule has 2 N–H and O–H groups in total. The lowest BCUT2D eigenvalue weighted by molar-refractivity contribution is 0.450. The molecule has 0 amide bonds. The quantitative estimate of drug-likeness (QED) is 0.896. The number of aryl methyl sites for hydroxylation is 2. The molecule has 0 bridgehead atoms. The zero-order chi connectivity index (χ0) is 13.4. The molecule has 0 radical (unpaired) electrons. The summed E-state index contributed by atoms with van der Waals surface area (Å²) in [7, 11) is 0. The van der Waals surface area contributed by atoms with Gasteiger partial charge < -0.3 is 10.3 Å². The van der Waals surface area contributed by atoms with E-state index in [-0.39, 0.29) is 0 Å². The predicted molar refractivity (Wildman–Crippen MR) is 77.1 cm³/mol. The number of aromatic nitrogens is 2. The standard InChI is InChI=1S/C16H21N3/c1-11-4-3-5-15(12(11)2)13-6-7-14-9-18-16(8-17)19(14)10-13/h3-5,9,13H,6-8,10,17H2,1-2H3. The second kappa shape index (κ2) is 4.82. The van der Waals surface area contributed by atoms with Gasteiger partial charge in [0.2, 0.25) is 0 Å². The van der Waals surface area contributed by atoms with E-state index < -0.39 is 0 Å². The molecule has 3 heteroatoms. The summed E-state index contributed by atoms with van der Waals surface area (Å²) in [6.07, 6.45) is 4.30. The monoisotopic (exact) mass is 255 g/mol. The van der Waals surface area contributed by atoms with Crippen LogP contribution in [0.3, 0.4) is 0 Å². The van der Waals surface area contributed by atoms with Gasteiger partial charge in [0.05, 0.1) is 6.54 Å². The van der Waals surface area contributed by atoms with E-state index in [2.05, 4.69) is 41.6 Å². The molecule has 3 nitrogen and oxygen atoms in total. The molecular formula is C16H21N3. The number of imidazole rings is 1. The van der Waals surface area contributed by atoms with Gasteiger partial charge in [0, 0.05) is 24.4 Å². The van der Waals surface area contributed by atoms with Crippen LogP contribution >= 0.6 is 0 Å². The highest BCUT2D eigenvalue weighted by molar-refractivity contribution is 5.36. The first-order valence-electron chi connectivity index (χ1n) is 7.00. The Morgan fingerprint density at radius 3 is 3.00 bits per heavy atom. The molecule has 1 aromatic carbocycles. The number of rotatable bonds is 2. The van der Waals surface area contributed by atoms with E-state index in [4.69, 9.17) is 5.73 Å². The fourth-order valence-electron chi connectivity index (χ4n) is 3.14. The Bertz CT molecular complexity index is 585. The van der Waals surface area contributed by atoms with Crippen molar-refractivity contribution in [2.75, 3.05) is 0 Å². The Kier molecular flexibility index (Phi) is 3.15. The molecule has 0 saturated carbocycles. The van der Waals surface area contributed by atoms with Crippen molar-refractivity contribution in [3.05, 3.63) is 52.6 Å². The number of fused-ring (bicyclic) bond motifs is 1. The van der Waals surface area contributed by atoms with Crippen LogP contribution in [0.25, 0.3) is 0 Å². The normalized spacial score (nSPS) is 18.4. The molecule has 0 aliphatic carbocycles. The second-order valence-electron chi connectivity index (χ2n) is 5.51. The van der Waals surface area contributed by atoms with E-state index in [9.17, 15) is 0 Å². The second-order valence-corrected chi connectivity index (χ2v) is 5.51. The Labute approximate surface area is 114 Å². The molecule has 2 heterocycles. The van der Waals surface area contributed by atoms with Crippen LogP contribution in [0.5, 0.6) is 0 Å². The van der Waals surface area contributed by atoms with Gasteiger partial charge in [-0.05, 0) is 43.4 Å². The molecule has 0 spiro atoms. The van der Waals surface area contributed by atoms with Gasteiger partial charge in [-0.1, -0.05) is 18.2 Å². The third-order valence-electron chi connectivity index (χ3n) is 4.44. The molecular weight excluding hydrogens is 234 g/mol. The molecule has 100 valence electrons. The highest BCUT2D eigenvalue weighted by Crippen LogP contribution is 2.32. The third-order valence-corrected chi connectivity index (χ3v) is 4.44. The highest BCUT2D eigenvalue weighted by atomic mass is 15.1. The van der Waals surface area contributed by atoms with Crippen molar-refractivity contribution in [3.8, 4) is 0 Å². The molecule has 2 aromatic rings. The molecule has 1 aliphatic rings. The van der Waals surface area contributed by atoms with Crippen LogP contribution in [0.1, 0.15) is 40.5 Å². The molecule has 0 fully saturated rings. The predicted octanol–water partition coefficient (Wildman–Crippen LogP) is 2.69. The van der Waals surface area contributed by atoms with E-state index in [1.54, 1.807) is 0 Å². The summed E-state index contributed by atoms with van der Waals surface area (Å²) in [6, 6.07) is 6.64. The fourth-order valence-corrected chi connectivity index (χ4v) is 3.14. The molecule has 1 unspecified atom stereocenters. The van der Waals surface area contributed by atoms with Crippen molar-refractivity contribution in [2.45, 2.75) is 45.7 Å². The Morgan fingerprint density at radius 1 is 1.37 bits per heavy atom. The van der Waals surface area contributed by atoms with Gasteiger partial charge in [-0.25, -0.2) is 4.98 Å². The maximum absolute atomic E-state index is 5.77. The number of nitrogens with two attached hydrogens (primary N) is 1. The molecule has 19 heavy (non-hydrogen) atoms. The minimum atomic E-state index is 0.527. The van der Waals surface area contributed by atoms with Crippen LogP contribution in [0.15, 0.2) is 24.4 Å².